The summed E-state index contributed by atoms with van der Waals surface area (Å²) in [5.74, 6) is 0.451. The lowest BCUT2D eigenvalue weighted by molar-refractivity contribution is -0.149. The number of nitrogens with one attached hydrogen (secondary N) is 1. The van der Waals surface area contributed by atoms with Crippen molar-refractivity contribution in [2.24, 2.45) is 0 Å². The Balaban J connectivity index is 2.67. The number of methoxy groups -OCH3 is 1. The average molecular weight is 279 g/mol. The fourth-order valence-corrected chi connectivity index (χ4v) is 1.86. The molecule has 0 radical (unpaired) electrons. The smallest absolute Gasteiger partial charge is 0.329 e. The molecule has 1 rings (SSSR count). The molecule has 1 N–H and O–H groups in total. The average Bonchev–Trinajstić information content (AvgIpc) is 2.50. The molecule has 4 nitrogen and oxygen atoms in total. The summed E-state index contributed by atoms with van der Waals surface area (Å²) in [7, 11) is 1.39. The maximum Gasteiger partial charge on any atom is 0.329 e. The number of carbonyl (C=O) groups is 1. The number of aryl methyl sites for hydroxylation is 1. The minimum Gasteiger partial charge on any atom is -0.491 e. The van der Waals surface area contributed by atoms with E-state index in [0.717, 1.165) is 25.1 Å². The lowest BCUT2D eigenvalue weighted by atomic mass is 10.0. The highest BCUT2D eigenvalue weighted by atomic mass is 16.5. The molecule has 0 aromatic heterocycles. The summed E-state index contributed by atoms with van der Waals surface area (Å²) in [6, 6.07) is 7.92. The molecule has 0 spiro atoms. The van der Waals surface area contributed by atoms with Crippen LogP contribution in [0.25, 0.3) is 0 Å². The third-order valence-electron chi connectivity index (χ3n) is 3.26. The molecule has 0 saturated heterocycles. The Bertz CT molecular complexity index is 416. The van der Waals surface area contributed by atoms with Crippen LogP contribution in [0.2, 0.25) is 0 Å². The van der Waals surface area contributed by atoms with Crippen LogP contribution in [-0.4, -0.2) is 31.8 Å². The van der Waals surface area contributed by atoms with Crippen molar-refractivity contribution in [3.8, 4) is 5.75 Å². The number of ether oxygens (including phenoxy) is 2. The van der Waals surface area contributed by atoms with Gasteiger partial charge in [0.15, 0.2) is 0 Å². The van der Waals surface area contributed by atoms with Gasteiger partial charge in [0.25, 0.3) is 0 Å². The van der Waals surface area contributed by atoms with Crippen LogP contribution < -0.4 is 10.1 Å². The topological polar surface area (TPSA) is 47.6 Å². The first-order valence-electron chi connectivity index (χ1n) is 7.11. The molecular formula is C16H25NO3. The van der Waals surface area contributed by atoms with Gasteiger partial charge in [0.05, 0.1) is 7.11 Å². The normalized spacial score (nSPS) is 13.6. The molecule has 1 atom stereocenters. The first kappa shape index (κ1) is 16.5. The molecule has 0 heterocycles. The van der Waals surface area contributed by atoms with Crippen molar-refractivity contribution in [3.63, 3.8) is 0 Å². The molecule has 0 saturated carbocycles. The number of hydrogen-bond donors (Lipinski definition) is 1. The summed E-state index contributed by atoms with van der Waals surface area (Å²) >= 11 is 0. The van der Waals surface area contributed by atoms with Gasteiger partial charge in [-0.3, -0.25) is 5.32 Å². The molecule has 112 valence electrons. The Morgan fingerprint density at radius 2 is 1.90 bits per heavy atom. The second-order valence-electron chi connectivity index (χ2n) is 5.04. The van der Waals surface area contributed by atoms with E-state index >= 15 is 0 Å². The van der Waals surface area contributed by atoms with Crippen molar-refractivity contribution in [1.82, 2.24) is 5.32 Å². The lowest BCUT2D eigenvalue weighted by Crippen LogP contribution is -2.54. The van der Waals surface area contributed by atoms with Gasteiger partial charge < -0.3 is 9.47 Å². The van der Waals surface area contributed by atoms with Crippen molar-refractivity contribution < 1.29 is 14.3 Å². The molecule has 0 aliphatic carbocycles. The van der Waals surface area contributed by atoms with Crippen LogP contribution in [0.15, 0.2) is 24.3 Å². The minimum absolute atomic E-state index is 0.241. The number of esters is 1. The van der Waals surface area contributed by atoms with Gasteiger partial charge in [-0.1, -0.05) is 26.0 Å². The fraction of sp³-hybridized carbons (Fsp3) is 0.562. The Kier molecular flexibility index (Phi) is 6.52. The summed E-state index contributed by atoms with van der Waals surface area (Å²) in [4.78, 5) is 11.9. The number of hydrogen-bond acceptors (Lipinski definition) is 4. The zero-order valence-corrected chi connectivity index (χ0v) is 12.9. The monoisotopic (exact) mass is 279 g/mol. The van der Waals surface area contributed by atoms with Crippen LogP contribution in [0.4, 0.5) is 0 Å². The molecule has 0 aliphatic heterocycles. The van der Waals surface area contributed by atoms with Crippen molar-refractivity contribution in [1.29, 1.82) is 0 Å². The minimum atomic E-state index is -0.825. The van der Waals surface area contributed by atoms with E-state index in [-0.39, 0.29) is 12.6 Å². The van der Waals surface area contributed by atoms with Crippen LogP contribution in [0.3, 0.4) is 0 Å². The van der Waals surface area contributed by atoms with Gasteiger partial charge in [-0.25, -0.2) is 4.79 Å². The fourth-order valence-electron chi connectivity index (χ4n) is 1.86. The van der Waals surface area contributed by atoms with E-state index < -0.39 is 5.54 Å². The third kappa shape index (κ3) is 4.53. The first-order chi connectivity index (χ1) is 9.55. The van der Waals surface area contributed by atoms with Gasteiger partial charge >= 0.3 is 5.97 Å². The highest BCUT2D eigenvalue weighted by Gasteiger charge is 2.34. The highest BCUT2D eigenvalue weighted by molar-refractivity contribution is 5.80. The van der Waals surface area contributed by atoms with Crippen LogP contribution in [-0.2, 0) is 16.0 Å². The lowest BCUT2D eigenvalue weighted by Gasteiger charge is -2.27. The molecule has 0 fully saturated rings. The predicted octanol–water partition coefficient (Wildman–Crippen LogP) is 2.56. The Morgan fingerprint density at radius 3 is 2.40 bits per heavy atom. The first-order valence-corrected chi connectivity index (χ1v) is 7.11. The largest absolute Gasteiger partial charge is 0.491 e. The molecular weight excluding hydrogens is 254 g/mol. The molecule has 1 aromatic rings. The Morgan fingerprint density at radius 1 is 1.25 bits per heavy atom. The quantitative estimate of drug-likeness (QED) is 0.743. The summed E-state index contributed by atoms with van der Waals surface area (Å²) in [6.45, 7) is 6.94. The summed E-state index contributed by atoms with van der Waals surface area (Å²) in [6.07, 6.45) is 1.94. The van der Waals surface area contributed by atoms with E-state index in [1.165, 1.54) is 12.7 Å². The number of carbonyl (C=O) groups excluding carboxylic acids is 1. The molecule has 0 bridgehead atoms. The van der Waals surface area contributed by atoms with Crippen LogP contribution in [0.1, 0.15) is 32.8 Å². The molecule has 1 unspecified atom stereocenters. The van der Waals surface area contributed by atoms with E-state index in [9.17, 15) is 4.79 Å². The van der Waals surface area contributed by atoms with Crippen molar-refractivity contribution >= 4 is 5.97 Å². The molecule has 1 aromatic carbocycles. The van der Waals surface area contributed by atoms with E-state index in [4.69, 9.17) is 9.47 Å². The van der Waals surface area contributed by atoms with Crippen LogP contribution in [0.5, 0.6) is 5.75 Å². The number of benzene rings is 1. The van der Waals surface area contributed by atoms with Gasteiger partial charge in [0.1, 0.15) is 17.9 Å². The van der Waals surface area contributed by atoms with Gasteiger partial charge in [0.2, 0.25) is 0 Å². The zero-order valence-electron chi connectivity index (χ0n) is 12.9. The standard InChI is InChI=1S/C16H25NO3/c1-5-11-17-16(3,15(18)19-4)12-20-14-9-7-13(6-2)8-10-14/h7-10,17H,5-6,11-12H2,1-4H3. The SMILES string of the molecule is CCCNC(C)(COc1ccc(CC)cc1)C(=O)OC. The highest BCUT2D eigenvalue weighted by Crippen LogP contribution is 2.15. The van der Waals surface area contributed by atoms with Crippen molar-refractivity contribution in [2.75, 3.05) is 20.3 Å². The van der Waals surface area contributed by atoms with E-state index in [1.54, 1.807) is 6.92 Å². The van der Waals surface area contributed by atoms with E-state index in [1.807, 2.05) is 24.3 Å². The van der Waals surface area contributed by atoms with Crippen LogP contribution >= 0.6 is 0 Å². The van der Waals surface area contributed by atoms with Gasteiger partial charge in [-0.2, -0.15) is 0 Å². The molecule has 0 aliphatic rings. The molecule has 0 amide bonds. The molecule has 20 heavy (non-hydrogen) atoms. The van der Waals surface area contributed by atoms with E-state index in [2.05, 4.69) is 19.2 Å². The van der Waals surface area contributed by atoms with Gasteiger partial charge in [0, 0.05) is 0 Å². The van der Waals surface area contributed by atoms with E-state index in [0.29, 0.717) is 0 Å². The maximum atomic E-state index is 11.9. The maximum absolute atomic E-state index is 11.9. The Hall–Kier alpha value is -1.55. The third-order valence-corrected chi connectivity index (χ3v) is 3.26. The number of rotatable bonds is 8. The second-order valence-corrected chi connectivity index (χ2v) is 5.04. The van der Waals surface area contributed by atoms with Gasteiger partial charge in [-0.05, 0) is 44.0 Å². The van der Waals surface area contributed by atoms with Gasteiger partial charge in [-0.15, -0.1) is 0 Å². The van der Waals surface area contributed by atoms with Crippen molar-refractivity contribution in [2.45, 2.75) is 39.2 Å². The molecule has 4 heteroatoms. The predicted molar refractivity (Wildman–Crippen MR) is 80.0 cm³/mol. The summed E-state index contributed by atoms with van der Waals surface area (Å²) in [5, 5.41) is 3.19. The zero-order chi connectivity index (χ0) is 15.0. The van der Waals surface area contributed by atoms with Crippen LogP contribution in [0, 0.1) is 0 Å². The Labute approximate surface area is 121 Å². The summed E-state index contributed by atoms with van der Waals surface area (Å²) in [5.41, 5.74) is 0.436. The summed E-state index contributed by atoms with van der Waals surface area (Å²) < 4.78 is 10.6. The van der Waals surface area contributed by atoms with Crippen molar-refractivity contribution in [3.05, 3.63) is 29.8 Å². The second kappa shape index (κ2) is 7.90.